The van der Waals surface area contributed by atoms with Crippen molar-refractivity contribution in [2.45, 2.75) is 44.7 Å². The second-order valence-electron chi connectivity index (χ2n) is 6.09. The molecule has 0 unspecified atom stereocenters. The molecule has 2 aliphatic rings. The van der Waals surface area contributed by atoms with E-state index in [2.05, 4.69) is 15.0 Å². The van der Waals surface area contributed by atoms with Crippen molar-refractivity contribution in [2.75, 3.05) is 26.2 Å². The summed E-state index contributed by atoms with van der Waals surface area (Å²) in [5, 5.41) is 12.4. The zero-order chi connectivity index (χ0) is 14.7. The van der Waals surface area contributed by atoms with Gasteiger partial charge in [-0.3, -0.25) is 4.90 Å². The molecular weight excluding hydrogens is 270 g/mol. The van der Waals surface area contributed by atoms with Gasteiger partial charge in [-0.2, -0.15) is 0 Å². The zero-order valence-corrected chi connectivity index (χ0v) is 12.3. The van der Waals surface area contributed by atoms with E-state index < -0.39 is 5.97 Å². The molecule has 116 valence electrons. The van der Waals surface area contributed by atoms with Crippen LogP contribution < -0.4 is 0 Å². The number of aromatic carboxylic acids is 1. The molecule has 1 N–H and O–H groups in total. The Bertz CT molecular complexity index is 474. The van der Waals surface area contributed by atoms with E-state index in [0.717, 1.165) is 19.1 Å². The van der Waals surface area contributed by atoms with E-state index in [1.807, 2.05) is 0 Å². The first-order valence-corrected chi connectivity index (χ1v) is 7.87. The summed E-state index contributed by atoms with van der Waals surface area (Å²) in [7, 11) is 0. The van der Waals surface area contributed by atoms with Gasteiger partial charge in [0.1, 0.15) is 0 Å². The molecule has 2 aliphatic heterocycles. The Labute approximate surface area is 124 Å². The lowest BCUT2D eigenvalue weighted by Gasteiger charge is -2.40. The quantitative estimate of drug-likeness (QED) is 0.913. The average molecular weight is 293 g/mol. The van der Waals surface area contributed by atoms with Crippen LogP contribution in [0.15, 0.2) is 10.6 Å². The maximum Gasteiger partial charge on any atom is 0.358 e. The Balaban J connectivity index is 1.47. The number of carbonyl (C=O) groups is 1. The Morgan fingerprint density at radius 1 is 1.24 bits per heavy atom. The molecule has 0 bridgehead atoms. The van der Waals surface area contributed by atoms with Crippen LogP contribution in [0.1, 0.15) is 48.4 Å². The second-order valence-corrected chi connectivity index (χ2v) is 6.09. The molecular formula is C15H23N3O3. The third kappa shape index (κ3) is 3.63. The number of aromatic nitrogens is 1. The van der Waals surface area contributed by atoms with E-state index in [-0.39, 0.29) is 5.69 Å². The van der Waals surface area contributed by atoms with E-state index in [9.17, 15) is 4.79 Å². The van der Waals surface area contributed by atoms with Gasteiger partial charge in [-0.05, 0) is 38.8 Å². The first kappa shape index (κ1) is 14.5. The Hall–Kier alpha value is -1.40. The molecule has 1 aromatic heterocycles. The average Bonchev–Trinajstić information content (AvgIpc) is 2.98. The van der Waals surface area contributed by atoms with Gasteiger partial charge >= 0.3 is 5.97 Å². The number of hydrogen-bond acceptors (Lipinski definition) is 5. The first-order chi connectivity index (χ1) is 10.2. The Kier molecular flexibility index (Phi) is 4.55. The van der Waals surface area contributed by atoms with E-state index >= 15 is 0 Å². The van der Waals surface area contributed by atoms with Crippen molar-refractivity contribution < 1.29 is 14.4 Å². The van der Waals surface area contributed by atoms with Gasteiger partial charge in [0.05, 0.1) is 6.54 Å². The van der Waals surface area contributed by atoms with Crippen molar-refractivity contribution in [1.82, 2.24) is 15.0 Å². The summed E-state index contributed by atoms with van der Waals surface area (Å²) >= 11 is 0. The number of piperidine rings is 2. The topological polar surface area (TPSA) is 69.8 Å². The monoisotopic (exact) mass is 293 g/mol. The highest BCUT2D eigenvalue weighted by Gasteiger charge is 2.26. The summed E-state index contributed by atoms with van der Waals surface area (Å²) in [4.78, 5) is 15.8. The molecule has 6 nitrogen and oxygen atoms in total. The van der Waals surface area contributed by atoms with E-state index in [1.54, 1.807) is 0 Å². The van der Waals surface area contributed by atoms with Crippen LogP contribution in [0, 0.1) is 0 Å². The molecule has 0 spiro atoms. The van der Waals surface area contributed by atoms with Gasteiger partial charge in [-0.1, -0.05) is 11.6 Å². The highest BCUT2D eigenvalue weighted by Crippen LogP contribution is 2.22. The Morgan fingerprint density at radius 2 is 1.95 bits per heavy atom. The second kappa shape index (κ2) is 6.58. The lowest BCUT2D eigenvalue weighted by atomic mass is 10.00. The fourth-order valence-corrected chi connectivity index (χ4v) is 3.43. The van der Waals surface area contributed by atoms with Crippen molar-refractivity contribution >= 4 is 5.97 Å². The maximum absolute atomic E-state index is 10.8. The first-order valence-electron chi connectivity index (χ1n) is 7.87. The molecule has 2 saturated heterocycles. The molecule has 0 atom stereocenters. The molecule has 3 heterocycles. The van der Waals surface area contributed by atoms with Gasteiger partial charge in [0, 0.05) is 25.2 Å². The van der Waals surface area contributed by atoms with Crippen molar-refractivity contribution in [1.29, 1.82) is 0 Å². The van der Waals surface area contributed by atoms with Gasteiger partial charge in [0.15, 0.2) is 11.5 Å². The lowest BCUT2D eigenvalue weighted by molar-refractivity contribution is 0.0685. The molecule has 2 fully saturated rings. The molecule has 0 saturated carbocycles. The van der Waals surface area contributed by atoms with E-state index in [1.165, 1.54) is 51.3 Å². The summed E-state index contributed by atoms with van der Waals surface area (Å²) in [6.07, 6.45) is 6.46. The number of rotatable bonds is 4. The highest BCUT2D eigenvalue weighted by molar-refractivity contribution is 5.85. The minimum atomic E-state index is -1.03. The normalized spacial score (nSPS) is 22.5. The fraction of sp³-hybridized carbons (Fsp3) is 0.733. The molecule has 0 aliphatic carbocycles. The van der Waals surface area contributed by atoms with Crippen LogP contribution in [-0.2, 0) is 6.54 Å². The summed E-state index contributed by atoms with van der Waals surface area (Å²) < 4.78 is 5.09. The standard InChI is InChI=1S/C15H23N3O3/c19-15(20)14-10-13(21-16-14)11-17-8-4-12(5-9-17)18-6-2-1-3-7-18/h10,12H,1-9,11H2,(H,19,20). The largest absolute Gasteiger partial charge is 0.476 e. The van der Waals surface area contributed by atoms with Crippen LogP contribution in [-0.4, -0.2) is 58.3 Å². The van der Waals surface area contributed by atoms with E-state index in [4.69, 9.17) is 9.63 Å². The predicted octanol–water partition coefficient (Wildman–Crippen LogP) is 1.82. The summed E-state index contributed by atoms with van der Waals surface area (Å²) in [6.45, 7) is 5.27. The zero-order valence-electron chi connectivity index (χ0n) is 12.3. The Morgan fingerprint density at radius 3 is 2.57 bits per heavy atom. The van der Waals surface area contributed by atoms with E-state index in [0.29, 0.717) is 12.3 Å². The predicted molar refractivity (Wildman–Crippen MR) is 77.2 cm³/mol. The smallest absolute Gasteiger partial charge is 0.358 e. The third-order valence-corrected chi connectivity index (χ3v) is 4.62. The number of carboxylic acid groups (broad SMARTS) is 1. The molecule has 1 aromatic rings. The molecule has 6 heteroatoms. The van der Waals surface area contributed by atoms with Crippen molar-refractivity contribution in [3.8, 4) is 0 Å². The van der Waals surface area contributed by atoms with Crippen LogP contribution in [0.3, 0.4) is 0 Å². The van der Waals surface area contributed by atoms with Gasteiger partial charge in [-0.25, -0.2) is 4.79 Å². The highest BCUT2D eigenvalue weighted by atomic mass is 16.5. The van der Waals surface area contributed by atoms with Crippen LogP contribution in [0.25, 0.3) is 0 Å². The summed E-state index contributed by atoms with van der Waals surface area (Å²) in [5.74, 6) is -0.391. The number of likely N-dealkylation sites (tertiary alicyclic amines) is 2. The maximum atomic E-state index is 10.8. The third-order valence-electron chi connectivity index (χ3n) is 4.62. The molecule has 21 heavy (non-hydrogen) atoms. The van der Waals surface area contributed by atoms with Crippen LogP contribution in [0.2, 0.25) is 0 Å². The van der Waals surface area contributed by atoms with Gasteiger partial charge < -0.3 is 14.5 Å². The molecule has 0 aromatic carbocycles. The minimum Gasteiger partial charge on any atom is -0.476 e. The van der Waals surface area contributed by atoms with Crippen LogP contribution >= 0.6 is 0 Å². The van der Waals surface area contributed by atoms with Crippen molar-refractivity contribution in [2.24, 2.45) is 0 Å². The minimum absolute atomic E-state index is 0.00629. The fourth-order valence-electron chi connectivity index (χ4n) is 3.43. The molecule has 0 amide bonds. The summed E-state index contributed by atoms with van der Waals surface area (Å²) in [5.41, 5.74) is -0.00629. The summed E-state index contributed by atoms with van der Waals surface area (Å²) in [6, 6.07) is 2.25. The number of hydrogen-bond donors (Lipinski definition) is 1. The number of carboxylic acids is 1. The number of nitrogens with zero attached hydrogens (tertiary/aromatic N) is 3. The van der Waals surface area contributed by atoms with Crippen molar-refractivity contribution in [3.05, 3.63) is 17.5 Å². The lowest BCUT2D eigenvalue weighted by Crippen LogP contribution is -2.46. The van der Waals surface area contributed by atoms with Gasteiger partial charge in [-0.15, -0.1) is 0 Å². The van der Waals surface area contributed by atoms with Crippen molar-refractivity contribution in [3.63, 3.8) is 0 Å². The van der Waals surface area contributed by atoms with Crippen LogP contribution in [0.4, 0.5) is 0 Å². The van der Waals surface area contributed by atoms with Gasteiger partial charge in [0.25, 0.3) is 0 Å². The molecule has 0 radical (unpaired) electrons. The SMILES string of the molecule is O=C(O)c1cc(CN2CCC(N3CCCCC3)CC2)on1. The van der Waals surface area contributed by atoms with Gasteiger partial charge in [0.2, 0.25) is 0 Å². The molecule has 3 rings (SSSR count). The van der Waals surface area contributed by atoms with Crippen LogP contribution in [0.5, 0.6) is 0 Å².